The molecule has 0 radical (unpaired) electrons. The summed E-state index contributed by atoms with van der Waals surface area (Å²) in [5, 5.41) is 7.90. The molecule has 0 amide bonds. The zero-order valence-electron chi connectivity index (χ0n) is 13.4. The van der Waals surface area contributed by atoms with Crippen molar-refractivity contribution in [2.45, 2.75) is 25.8 Å². The summed E-state index contributed by atoms with van der Waals surface area (Å²) in [7, 11) is 1.58. The van der Waals surface area contributed by atoms with E-state index in [-0.39, 0.29) is 13.1 Å². The molecule has 0 fully saturated rings. The molecule has 0 N–H and O–H groups in total. The number of benzene rings is 1. The number of aromatic nitrogens is 3. The van der Waals surface area contributed by atoms with Crippen molar-refractivity contribution in [1.82, 2.24) is 19.7 Å². The quantitative estimate of drug-likeness (QED) is 0.725. The number of hydrogen-bond acceptors (Lipinski definition) is 5. The molecule has 25 heavy (non-hydrogen) atoms. The Kier molecular flexibility index (Phi) is 3.68. The van der Waals surface area contributed by atoms with Crippen LogP contribution >= 0.6 is 0 Å². The maximum absolute atomic E-state index is 12.9. The SMILES string of the molecule is COc1cccc2cc(CN3CCn4c(nnc4C(F)(F)F)C3)oc12. The van der Waals surface area contributed by atoms with Crippen LogP contribution in [0.25, 0.3) is 11.0 Å². The minimum absolute atomic E-state index is 0.195. The lowest BCUT2D eigenvalue weighted by molar-refractivity contribution is -0.148. The first kappa shape index (κ1) is 15.9. The van der Waals surface area contributed by atoms with Crippen LogP contribution in [0.2, 0.25) is 0 Å². The standard InChI is InChI=1S/C16H15F3N4O2/c1-24-12-4-2-3-10-7-11(25-14(10)12)8-22-5-6-23-13(9-22)20-21-15(23)16(17,18)19/h2-4,7H,5-6,8-9H2,1H3. The Balaban J connectivity index is 1.54. The molecule has 1 aromatic carbocycles. The molecule has 2 aromatic heterocycles. The van der Waals surface area contributed by atoms with Crippen molar-refractivity contribution < 1.29 is 22.3 Å². The fourth-order valence-corrected chi connectivity index (χ4v) is 3.10. The van der Waals surface area contributed by atoms with Crippen molar-refractivity contribution in [1.29, 1.82) is 0 Å². The second kappa shape index (κ2) is 5.76. The molecule has 9 heteroatoms. The first-order chi connectivity index (χ1) is 12.0. The van der Waals surface area contributed by atoms with E-state index in [2.05, 4.69) is 10.2 Å². The number of alkyl halides is 3. The monoisotopic (exact) mass is 352 g/mol. The van der Waals surface area contributed by atoms with Crippen LogP contribution in [0.4, 0.5) is 13.2 Å². The molecule has 1 aliphatic rings. The Hall–Kier alpha value is -2.55. The Bertz CT molecular complexity index is 916. The fraction of sp³-hybridized carbons (Fsp3) is 0.375. The van der Waals surface area contributed by atoms with Gasteiger partial charge < -0.3 is 13.7 Å². The van der Waals surface area contributed by atoms with E-state index in [1.165, 1.54) is 0 Å². The number of furan rings is 1. The third-order valence-corrected chi connectivity index (χ3v) is 4.24. The van der Waals surface area contributed by atoms with Gasteiger partial charge in [0.25, 0.3) is 0 Å². The number of ether oxygens (including phenoxy) is 1. The molecule has 3 aromatic rings. The molecule has 1 aliphatic heterocycles. The van der Waals surface area contributed by atoms with Gasteiger partial charge >= 0.3 is 6.18 Å². The van der Waals surface area contributed by atoms with Crippen molar-refractivity contribution in [3.8, 4) is 5.75 Å². The van der Waals surface area contributed by atoms with Crippen molar-refractivity contribution in [3.05, 3.63) is 41.7 Å². The predicted molar refractivity (Wildman–Crippen MR) is 81.9 cm³/mol. The normalized spacial score (nSPS) is 15.5. The summed E-state index contributed by atoms with van der Waals surface area (Å²) in [4.78, 5) is 1.98. The second-order valence-electron chi connectivity index (χ2n) is 5.89. The lowest BCUT2D eigenvalue weighted by atomic mass is 10.2. The summed E-state index contributed by atoms with van der Waals surface area (Å²) in [5.74, 6) is 0.753. The minimum Gasteiger partial charge on any atom is -0.493 e. The third kappa shape index (κ3) is 2.84. The van der Waals surface area contributed by atoms with Gasteiger partial charge in [0.05, 0.1) is 20.2 Å². The molecule has 4 rings (SSSR count). The van der Waals surface area contributed by atoms with Gasteiger partial charge in [0.1, 0.15) is 11.6 Å². The van der Waals surface area contributed by atoms with Crippen LogP contribution in [0.5, 0.6) is 5.75 Å². The Morgan fingerprint density at radius 3 is 2.84 bits per heavy atom. The van der Waals surface area contributed by atoms with Gasteiger partial charge in [-0.15, -0.1) is 10.2 Å². The van der Waals surface area contributed by atoms with E-state index in [4.69, 9.17) is 9.15 Å². The van der Waals surface area contributed by atoms with E-state index >= 15 is 0 Å². The fourth-order valence-electron chi connectivity index (χ4n) is 3.10. The van der Waals surface area contributed by atoms with Crippen LogP contribution in [0.3, 0.4) is 0 Å². The van der Waals surface area contributed by atoms with Crippen LogP contribution < -0.4 is 4.74 Å². The Labute approximate surface area is 140 Å². The second-order valence-corrected chi connectivity index (χ2v) is 5.89. The maximum atomic E-state index is 12.9. The Morgan fingerprint density at radius 2 is 2.08 bits per heavy atom. The number of nitrogens with zero attached hydrogens (tertiary/aromatic N) is 4. The lowest BCUT2D eigenvalue weighted by Gasteiger charge is -2.27. The molecule has 0 spiro atoms. The van der Waals surface area contributed by atoms with E-state index in [9.17, 15) is 13.2 Å². The molecule has 0 aliphatic carbocycles. The molecule has 3 heterocycles. The first-order valence-electron chi connectivity index (χ1n) is 7.73. The van der Waals surface area contributed by atoms with Crippen LogP contribution in [0, 0.1) is 0 Å². The van der Waals surface area contributed by atoms with Gasteiger partial charge in [0.15, 0.2) is 11.3 Å². The molecule has 0 saturated carbocycles. The van der Waals surface area contributed by atoms with Gasteiger partial charge in [-0.1, -0.05) is 12.1 Å². The van der Waals surface area contributed by atoms with Gasteiger partial charge in [0.2, 0.25) is 5.82 Å². The summed E-state index contributed by atoms with van der Waals surface area (Å²) in [6.45, 7) is 1.42. The van der Waals surface area contributed by atoms with Crippen molar-refractivity contribution >= 4 is 11.0 Å². The molecule has 0 unspecified atom stereocenters. The smallest absolute Gasteiger partial charge is 0.451 e. The van der Waals surface area contributed by atoms with E-state index in [0.29, 0.717) is 30.2 Å². The maximum Gasteiger partial charge on any atom is 0.451 e. The van der Waals surface area contributed by atoms with Gasteiger partial charge in [-0.2, -0.15) is 13.2 Å². The zero-order chi connectivity index (χ0) is 17.6. The van der Waals surface area contributed by atoms with Crippen molar-refractivity contribution in [2.75, 3.05) is 13.7 Å². The molecule has 0 atom stereocenters. The zero-order valence-corrected chi connectivity index (χ0v) is 13.4. The van der Waals surface area contributed by atoms with Crippen LogP contribution in [0.1, 0.15) is 17.4 Å². The molecule has 0 bridgehead atoms. The van der Waals surface area contributed by atoms with Crippen LogP contribution in [-0.2, 0) is 25.8 Å². The molecule has 0 saturated heterocycles. The largest absolute Gasteiger partial charge is 0.493 e. The van der Waals surface area contributed by atoms with E-state index in [1.54, 1.807) is 7.11 Å². The molecular weight excluding hydrogens is 337 g/mol. The van der Waals surface area contributed by atoms with Gasteiger partial charge in [-0.25, -0.2) is 0 Å². The first-order valence-corrected chi connectivity index (χ1v) is 7.73. The minimum atomic E-state index is -4.48. The number of fused-ring (bicyclic) bond motifs is 2. The van der Waals surface area contributed by atoms with Crippen LogP contribution in [0.15, 0.2) is 28.7 Å². The highest BCUT2D eigenvalue weighted by atomic mass is 19.4. The van der Waals surface area contributed by atoms with Gasteiger partial charge in [-0.05, 0) is 12.1 Å². The average molecular weight is 352 g/mol. The Morgan fingerprint density at radius 1 is 1.24 bits per heavy atom. The number of halogens is 3. The topological polar surface area (TPSA) is 56.3 Å². The number of rotatable bonds is 3. The molecule has 6 nitrogen and oxygen atoms in total. The summed E-state index contributed by atoms with van der Waals surface area (Å²) >= 11 is 0. The molecule has 132 valence electrons. The number of hydrogen-bond donors (Lipinski definition) is 0. The van der Waals surface area contributed by atoms with E-state index in [0.717, 1.165) is 15.7 Å². The van der Waals surface area contributed by atoms with Crippen LogP contribution in [-0.4, -0.2) is 33.3 Å². The summed E-state index contributed by atoms with van der Waals surface area (Å²) < 4.78 is 50.9. The van der Waals surface area contributed by atoms with Crippen molar-refractivity contribution in [3.63, 3.8) is 0 Å². The van der Waals surface area contributed by atoms with Crippen molar-refractivity contribution in [2.24, 2.45) is 0 Å². The summed E-state index contributed by atoms with van der Waals surface area (Å²) in [6.07, 6.45) is -4.48. The van der Waals surface area contributed by atoms with Gasteiger partial charge in [0, 0.05) is 18.5 Å². The van der Waals surface area contributed by atoms with E-state index in [1.807, 2.05) is 29.2 Å². The summed E-state index contributed by atoms with van der Waals surface area (Å²) in [6, 6.07) is 7.53. The third-order valence-electron chi connectivity index (χ3n) is 4.24. The highest BCUT2D eigenvalue weighted by Crippen LogP contribution is 2.31. The number of methoxy groups -OCH3 is 1. The highest BCUT2D eigenvalue weighted by Gasteiger charge is 2.39. The highest BCUT2D eigenvalue weighted by molar-refractivity contribution is 5.83. The summed E-state index contributed by atoms with van der Waals surface area (Å²) in [5.41, 5.74) is 0.666. The lowest BCUT2D eigenvalue weighted by Crippen LogP contribution is -2.34. The van der Waals surface area contributed by atoms with E-state index < -0.39 is 12.0 Å². The molecular formula is C16H15F3N4O2. The number of para-hydroxylation sites is 1. The average Bonchev–Trinajstić information content (AvgIpc) is 3.16. The van der Waals surface area contributed by atoms with Gasteiger partial charge in [-0.3, -0.25) is 4.90 Å². The predicted octanol–water partition coefficient (Wildman–Crippen LogP) is 3.07.